The highest BCUT2D eigenvalue weighted by Gasteiger charge is 2.61. The van der Waals surface area contributed by atoms with Gasteiger partial charge in [0.15, 0.2) is 17.4 Å². The van der Waals surface area contributed by atoms with E-state index < -0.39 is 36.2 Å². The third kappa shape index (κ3) is 2.35. The number of carbonyl (C=O) groups excluding carboxylic acids is 1. The highest BCUT2D eigenvalue weighted by molar-refractivity contribution is 5.91. The minimum absolute atomic E-state index is 0.00977. The quantitative estimate of drug-likeness (QED) is 0.524. The molecule has 1 amide bonds. The highest BCUT2D eigenvalue weighted by atomic mass is 16.7. The number of anilines is 1. The second kappa shape index (κ2) is 5.84. The molecule has 4 rings (SSSR count). The number of aromatic nitrogens is 4. The number of aliphatic hydroxyl groups is 2. The van der Waals surface area contributed by atoms with E-state index in [-0.39, 0.29) is 35.5 Å². The zero-order valence-electron chi connectivity index (χ0n) is 14.2. The van der Waals surface area contributed by atoms with Gasteiger partial charge in [-0.1, -0.05) is 13.8 Å². The van der Waals surface area contributed by atoms with Crippen molar-refractivity contribution in [1.29, 1.82) is 0 Å². The Balaban J connectivity index is 1.74. The summed E-state index contributed by atoms with van der Waals surface area (Å²) in [5.41, 5.74) is -1.49. The molecular weight excluding hydrogens is 346 g/mol. The largest absolute Gasteiger partial charge is 0.393 e. The number of carbonyl (C=O) groups is 1. The molecule has 0 aromatic carbocycles. The summed E-state index contributed by atoms with van der Waals surface area (Å²) in [5.74, 6) is -0.597. The normalized spacial score (nSPS) is 30.4. The summed E-state index contributed by atoms with van der Waals surface area (Å²) in [5, 5.41) is 22.4. The Morgan fingerprint density at radius 3 is 3.00 bits per heavy atom. The molecule has 4 N–H and O–H groups in total. The van der Waals surface area contributed by atoms with Gasteiger partial charge < -0.3 is 19.7 Å². The van der Waals surface area contributed by atoms with Crippen molar-refractivity contribution in [2.24, 2.45) is 5.92 Å². The molecule has 2 fully saturated rings. The van der Waals surface area contributed by atoms with Gasteiger partial charge in [0.05, 0.1) is 19.5 Å². The average molecular weight is 365 g/mol. The monoisotopic (exact) mass is 365 g/mol. The summed E-state index contributed by atoms with van der Waals surface area (Å²) in [4.78, 5) is 34.9. The molecule has 140 valence electrons. The van der Waals surface area contributed by atoms with E-state index in [2.05, 4.69) is 20.3 Å². The lowest BCUT2D eigenvalue weighted by atomic mass is 10.0. The van der Waals surface area contributed by atoms with E-state index in [4.69, 9.17) is 9.47 Å². The van der Waals surface area contributed by atoms with E-state index >= 15 is 0 Å². The number of nitrogens with zero attached hydrogens (tertiary/aromatic N) is 3. The van der Waals surface area contributed by atoms with Gasteiger partial charge in [-0.2, -0.15) is 4.98 Å². The first-order valence-corrected chi connectivity index (χ1v) is 8.22. The van der Waals surface area contributed by atoms with E-state index in [1.807, 2.05) is 0 Å². The highest BCUT2D eigenvalue weighted by Crippen LogP contribution is 2.45. The fourth-order valence-corrected chi connectivity index (χ4v) is 3.19. The zero-order chi connectivity index (χ0) is 18.6. The number of aliphatic hydroxyl groups excluding tert-OH is 2. The standard InChI is InChI=1S/C15H19N5O6/c1-6(2)11(23)18-14-17-10-7(12(24)19-14)16-5-20(10)13-8-9(22)15(3-21,26-13)4-25-8/h5-6,8-9,13,21-22H,3-4H2,1-2H3,(H2,17,18,19,23,24)/t8-,9+,13-,15?/m1/s1. The molecule has 11 nitrogen and oxygen atoms in total. The first kappa shape index (κ1) is 17.1. The lowest BCUT2D eigenvalue weighted by Gasteiger charge is -2.29. The lowest BCUT2D eigenvalue weighted by molar-refractivity contribution is -0.185. The lowest BCUT2D eigenvalue weighted by Crippen LogP contribution is -2.44. The van der Waals surface area contributed by atoms with Gasteiger partial charge >= 0.3 is 0 Å². The second-order valence-electron chi connectivity index (χ2n) is 6.83. The second-order valence-corrected chi connectivity index (χ2v) is 6.83. The summed E-state index contributed by atoms with van der Waals surface area (Å²) in [6.07, 6.45) is -1.20. The van der Waals surface area contributed by atoms with Crippen LogP contribution in [-0.2, 0) is 14.3 Å². The smallest absolute Gasteiger partial charge is 0.280 e. The molecule has 2 aliphatic heterocycles. The predicted molar refractivity (Wildman–Crippen MR) is 87.3 cm³/mol. The van der Waals surface area contributed by atoms with Crippen LogP contribution in [0, 0.1) is 5.92 Å². The van der Waals surface area contributed by atoms with Crippen molar-refractivity contribution in [1.82, 2.24) is 19.5 Å². The summed E-state index contributed by atoms with van der Waals surface area (Å²) in [6.45, 7) is 3.10. The Bertz CT molecular complexity index is 923. The van der Waals surface area contributed by atoms with Crippen molar-refractivity contribution in [2.75, 3.05) is 18.5 Å². The van der Waals surface area contributed by atoms with Crippen LogP contribution in [0.2, 0.25) is 0 Å². The van der Waals surface area contributed by atoms with Gasteiger partial charge in [0.25, 0.3) is 5.56 Å². The van der Waals surface area contributed by atoms with E-state index in [0.717, 1.165) is 0 Å². The third-order valence-corrected chi connectivity index (χ3v) is 4.75. The Morgan fingerprint density at radius 1 is 1.58 bits per heavy atom. The minimum Gasteiger partial charge on any atom is -0.393 e. The molecule has 2 bridgehead atoms. The van der Waals surface area contributed by atoms with Gasteiger partial charge in [0.1, 0.15) is 17.8 Å². The number of aromatic amines is 1. The van der Waals surface area contributed by atoms with Crippen LogP contribution in [0.15, 0.2) is 11.1 Å². The van der Waals surface area contributed by atoms with Crippen LogP contribution < -0.4 is 10.9 Å². The molecule has 26 heavy (non-hydrogen) atoms. The number of H-pyrrole nitrogens is 1. The van der Waals surface area contributed by atoms with Crippen LogP contribution in [0.4, 0.5) is 5.95 Å². The Morgan fingerprint density at radius 2 is 2.35 bits per heavy atom. The fraction of sp³-hybridized carbons (Fsp3) is 0.600. The van der Waals surface area contributed by atoms with E-state index in [1.54, 1.807) is 13.8 Å². The Kier molecular flexibility index (Phi) is 3.84. The van der Waals surface area contributed by atoms with Crippen LogP contribution in [0.5, 0.6) is 0 Å². The van der Waals surface area contributed by atoms with Gasteiger partial charge in [-0.25, -0.2) is 4.98 Å². The molecule has 2 aliphatic rings. The maximum Gasteiger partial charge on any atom is 0.280 e. The third-order valence-electron chi connectivity index (χ3n) is 4.75. The van der Waals surface area contributed by atoms with Crippen molar-refractivity contribution in [3.63, 3.8) is 0 Å². The van der Waals surface area contributed by atoms with Gasteiger partial charge in [-0.05, 0) is 0 Å². The van der Waals surface area contributed by atoms with Gasteiger partial charge in [0.2, 0.25) is 11.9 Å². The van der Waals surface area contributed by atoms with Gasteiger partial charge in [-0.3, -0.25) is 24.5 Å². The Labute approximate surface area is 147 Å². The van der Waals surface area contributed by atoms with Crippen molar-refractivity contribution < 1.29 is 24.5 Å². The van der Waals surface area contributed by atoms with Crippen LogP contribution in [0.1, 0.15) is 20.1 Å². The van der Waals surface area contributed by atoms with Crippen LogP contribution >= 0.6 is 0 Å². The fourth-order valence-electron chi connectivity index (χ4n) is 3.19. The molecule has 0 radical (unpaired) electrons. The minimum atomic E-state index is -1.21. The molecule has 4 heterocycles. The molecule has 0 saturated carbocycles. The van der Waals surface area contributed by atoms with E-state index in [9.17, 15) is 19.8 Å². The molecule has 11 heteroatoms. The number of hydrogen-bond donors (Lipinski definition) is 4. The number of rotatable bonds is 4. The Hall–Kier alpha value is -2.34. The SMILES string of the molecule is CC(C)C(=O)Nc1nc2c(ncn2[C@@H]2OC3(CO)CO[C@@H]2[C@@H]3O)c(=O)[nH]1. The van der Waals surface area contributed by atoms with Crippen molar-refractivity contribution in [2.45, 2.75) is 37.9 Å². The van der Waals surface area contributed by atoms with Crippen LogP contribution in [0.3, 0.4) is 0 Å². The molecule has 2 aromatic heterocycles. The first-order chi connectivity index (χ1) is 12.4. The molecule has 0 spiro atoms. The molecule has 1 unspecified atom stereocenters. The maximum absolute atomic E-state index is 12.2. The molecular formula is C15H19N5O6. The summed E-state index contributed by atoms with van der Waals surface area (Å²) >= 11 is 0. The molecule has 0 aliphatic carbocycles. The average Bonchev–Trinajstić information content (AvgIpc) is 3.25. The number of ether oxygens (including phenoxy) is 2. The van der Waals surface area contributed by atoms with Crippen LogP contribution in [0.25, 0.3) is 11.2 Å². The van der Waals surface area contributed by atoms with Gasteiger partial charge in [-0.15, -0.1) is 0 Å². The maximum atomic E-state index is 12.2. The number of nitrogens with one attached hydrogen (secondary N) is 2. The summed E-state index contributed by atoms with van der Waals surface area (Å²) in [7, 11) is 0. The number of amides is 1. The first-order valence-electron chi connectivity index (χ1n) is 8.22. The van der Waals surface area contributed by atoms with Crippen LogP contribution in [-0.4, -0.2) is 66.7 Å². The number of fused-ring (bicyclic) bond motifs is 3. The zero-order valence-corrected chi connectivity index (χ0v) is 14.2. The molecule has 2 aromatic rings. The topological polar surface area (TPSA) is 152 Å². The molecule has 2 saturated heterocycles. The summed E-state index contributed by atoms with van der Waals surface area (Å²) < 4.78 is 12.8. The van der Waals surface area contributed by atoms with Gasteiger partial charge in [0, 0.05) is 5.92 Å². The van der Waals surface area contributed by atoms with Crippen molar-refractivity contribution >= 4 is 23.0 Å². The summed E-state index contributed by atoms with van der Waals surface area (Å²) in [6, 6.07) is 0. The van der Waals surface area contributed by atoms with Crippen molar-refractivity contribution in [3.8, 4) is 0 Å². The number of imidazole rings is 1. The van der Waals surface area contributed by atoms with Crippen molar-refractivity contribution in [3.05, 3.63) is 16.7 Å². The number of hydrogen-bond acceptors (Lipinski definition) is 8. The molecule has 4 atom stereocenters. The predicted octanol–water partition coefficient (Wildman–Crippen LogP) is -1.27. The van der Waals surface area contributed by atoms with E-state index in [0.29, 0.717) is 0 Å². The van der Waals surface area contributed by atoms with E-state index in [1.165, 1.54) is 10.9 Å².